The standard InChI is InChI=1S/C19H26N4O3S/c1-22-10-12-23(13-11-22)27(25,26)17-7-8-19(20-15-17)21-18(9-14-24)16-5-3-2-4-6-16/h2-8,15,18,24H,9-14H2,1H3,(H,20,21)/t18-/m0/s1. The van der Waals surface area contributed by atoms with Crippen LogP contribution in [0.4, 0.5) is 5.82 Å². The quantitative estimate of drug-likeness (QED) is 0.746. The van der Waals surface area contributed by atoms with Crippen LogP contribution < -0.4 is 5.32 Å². The molecule has 3 rings (SSSR count). The highest BCUT2D eigenvalue weighted by Gasteiger charge is 2.27. The Hall–Kier alpha value is -2.00. The highest BCUT2D eigenvalue weighted by atomic mass is 32.2. The van der Waals surface area contributed by atoms with E-state index in [0.29, 0.717) is 25.3 Å². The second-order valence-electron chi connectivity index (χ2n) is 6.71. The van der Waals surface area contributed by atoms with Gasteiger partial charge in [0.1, 0.15) is 10.7 Å². The Morgan fingerprint density at radius 2 is 1.81 bits per heavy atom. The van der Waals surface area contributed by atoms with Crippen LogP contribution in [-0.2, 0) is 10.0 Å². The van der Waals surface area contributed by atoms with E-state index in [1.807, 2.05) is 37.4 Å². The zero-order valence-electron chi connectivity index (χ0n) is 15.5. The summed E-state index contributed by atoms with van der Waals surface area (Å²) >= 11 is 0. The summed E-state index contributed by atoms with van der Waals surface area (Å²) in [6.45, 7) is 2.48. The lowest BCUT2D eigenvalue weighted by atomic mass is 10.0. The lowest BCUT2D eigenvalue weighted by Crippen LogP contribution is -2.47. The van der Waals surface area contributed by atoms with E-state index in [9.17, 15) is 13.5 Å². The van der Waals surface area contributed by atoms with Crippen molar-refractivity contribution in [1.29, 1.82) is 0 Å². The number of anilines is 1. The minimum Gasteiger partial charge on any atom is -0.396 e. The zero-order valence-corrected chi connectivity index (χ0v) is 16.3. The third-order valence-electron chi connectivity index (χ3n) is 4.78. The molecule has 27 heavy (non-hydrogen) atoms. The van der Waals surface area contributed by atoms with Gasteiger partial charge in [0.15, 0.2) is 0 Å². The van der Waals surface area contributed by atoms with Crippen molar-refractivity contribution in [3.8, 4) is 0 Å². The number of aliphatic hydroxyl groups excluding tert-OH is 1. The van der Waals surface area contributed by atoms with E-state index in [-0.39, 0.29) is 17.5 Å². The van der Waals surface area contributed by atoms with Crippen molar-refractivity contribution in [1.82, 2.24) is 14.2 Å². The summed E-state index contributed by atoms with van der Waals surface area (Å²) in [4.78, 5) is 6.61. The number of benzene rings is 1. The van der Waals surface area contributed by atoms with E-state index in [1.54, 1.807) is 12.1 Å². The molecule has 1 saturated heterocycles. The molecule has 0 spiro atoms. The summed E-state index contributed by atoms with van der Waals surface area (Å²) in [6, 6.07) is 13.0. The number of hydrogen-bond donors (Lipinski definition) is 2. The van der Waals surface area contributed by atoms with Gasteiger partial charge < -0.3 is 15.3 Å². The molecule has 0 aliphatic carbocycles. The summed E-state index contributed by atoms with van der Waals surface area (Å²) < 4.78 is 27.0. The predicted octanol–water partition coefficient (Wildman–Crippen LogP) is 1.55. The van der Waals surface area contributed by atoms with Crippen LogP contribution in [0.2, 0.25) is 0 Å². The van der Waals surface area contributed by atoms with E-state index in [1.165, 1.54) is 10.5 Å². The van der Waals surface area contributed by atoms with Crippen molar-refractivity contribution in [2.75, 3.05) is 45.2 Å². The van der Waals surface area contributed by atoms with E-state index in [4.69, 9.17) is 0 Å². The fourth-order valence-electron chi connectivity index (χ4n) is 3.11. The van der Waals surface area contributed by atoms with Crippen LogP contribution in [0.1, 0.15) is 18.0 Å². The highest BCUT2D eigenvalue weighted by Crippen LogP contribution is 2.23. The normalized spacial score (nSPS) is 17.6. The maximum Gasteiger partial charge on any atom is 0.244 e. The lowest BCUT2D eigenvalue weighted by molar-refractivity contribution is 0.222. The number of aliphatic hydroxyl groups is 1. The fourth-order valence-corrected chi connectivity index (χ4v) is 4.48. The summed E-state index contributed by atoms with van der Waals surface area (Å²) in [5, 5.41) is 12.6. The average molecular weight is 391 g/mol. The predicted molar refractivity (Wildman–Crippen MR) is 105 cm³/mol. The van der Waals surface area contributed by atoms with Gasteiger partial charge in [0.2, 0.25) is 10.0 Å². The van der Waals surface area contributed by atoms with Crippen molar-refractivity contribution in [3.63, 3.8) is 0 Å². The number of aromatic nitrogens is 1. The second-order valence-corrected chi connectivity index (χ2v) is 8.64. The van der Waals surface area contributed by atoms with Crippen LogP contribution in [-0.4, -0.2) is 67.5 Å². The Labute approximate surface area is 160 Å². The molecule has 0 radical (unpaired) electrons. The van der Waals surface area contributed by atoms with Gasteiger partial charge in [-0.2, -0.15) is 4.31 Å². The van der Waals surface area contributed by atoms with Crippen LogP contribution in [0.5, 0.6) is 0 Å². The number of sulfonamides is 1. The smallest absolute Gasteiger partial charge is 0.244 e. The molecule has 2 aromatic rings. The van der Waals surface area contributed by atoms with Gasteiger partial charge in [0.05, 0.1) is 6.04 Å². The fraction of sp³-hybridized carbons (Fsp3) is 0.421. The molecule has 8 heteroatoms. The summed E-state index contributed by atoms with van der Waals surface area (Å²) in [6.07, 6.45) is 1.93. The van der Waals surface area contributed by atoms with Gasteiger partial charge in [-0.3, -0.25) is 0 Å². The third kappa shape index (κ3) is 4.84. The molecule has 1 fully saturated rings. The van der Waals surface area contributed by atoms with E-state index < -0.39 is 10.0 Å². The Kier molecular flexibility index (Phi) is 6.43. The van der Waals surface area contributed by atoms with Crippen LogP contribution in [0, 0.1) is 0 Å². The molecule has 1 atom stereocenters. The third-order valence-corrected chi connectivity index (χ3v) is 6.66. The molecule has 1 aliphatic rings. The summed E-state index contributed by atoms with van der Waals surface area (Å²) in [5.74, 6) is 0.578. The van der Waals surface area contributed by atoms with Crippen LogP contribution in [0.3, 0.4) is 0 Å². The molecule has 2 N–H and O–H groups in total. The SMILES string of the molecule is CN1CCN(S(=O)(=O)c2ccc(N[C@@H](CCO)c3ccccc3)nc2)CC1. The van der Waals surface area contributed by atoms with Crippen molar-refractivity contribution in [2.24, 2.45) is 0 Å². The first kappa shape index (κ1) is 19.8. The molecule has 0 amide bonds. The van der Waals surface area contributed by atoms with Crippen LogP contribution in [0.25, 0.3) is 0 Å². The van der Waals surface area contributed by atoms with Crippen molar-refractivity contribution in [2.45, 2.75) is 17.4 Å². The Morgan fingerprint density at radius 1 is 1.11 bits per heavy atom. The number of rotatable bonds is 7. The van der Waals surface area contributed by atoms with Gasteiger partial charge in [-0.15, -0.1) is 0 Å². The monoisotopic (exact) mass is 390 g/mol. The number of likely N-dealkylation sites (N-methyl/N-ethyl adjacent to an activating group) is 1. The first-order valence-corrected chi connectivity index (χ1v) is 10.5. The second kappa shape index (κ2) is 8.79. The first-order valence-electron chi connectivity index (χ1n) is 9.08. The molecular formula is C19H26N4O3S. The molecular weight excluding hydrogens is 364 g/mol. The molecule has 2 heterocycles. The maximum absolute atomic E-state index is 12.8. The maximum atomic E-state index is 12.8. The average Bonchev–Trinajstić information content (AvgIpc) is 2.69. The Morgan fingerprint density at radius 3 is 2.41 bits per heavy atom. The summed E-state index contributed by atoms with van der Waals surface area (Å²) in [5.41, 5.74) is 1.04. The molecule has 0 unspecified atom stereocenters. The van der Waals surface area contributed by atoms with Crippen LogP contribution >= 0.6 is 0 Å². The van der Waals surface area contributed by atoms with Gasteiger partial charge in [0, 0.05) is 39.0 Å². The number of hydrogen-bond acceptors (Lipinski definition) is 6. The number of nitrogens with one attached hydrogen (secondary N) is 1. The molecule has 7 nitrogen and oxygen atoms in total. The molecule has 1 aromatic heterocycles. The lowest BCUT2D eigenvalue weighted by Gasteiger charge is -2.31. The number of nitrogens with zero attached hydrogens (tertiary/aromatic N) is 3. The minimum absolute atomic E-state index is 0.0441. The Bertz CT molecular complexity index is 820. The first-order chi connectivity index (χ1) is 13.0. The van der Waals surface area contributed by atoms with Gasteiger partial charge in [-0.1, -0.05) is 30.3 Å². The molecule has 1 aliphatic heterocycles. The van der Waals surface area contributed by atoms with E-state index in [2.05, 4.69) is 15.2 Å². The highest BCUT2D eigenvalue weighted by molar-refractivity contribution is 7.89. The van der Waals surface area contributed by atoms with E-state index >= 15 is 0 Å². The number of pyridine rings is 1. The topological polar surface area (TPSA) is 85.8 Å². The molecule has 0 bridgehead atoms. The molecule has 0 saturated carbocycles. The van der Waals surface area contributed by atoms with Crippen molar-refractivity contribution in [3.05, 3.63) is 54.2 Å². The van der Waals surface area contributed by atoms with Gasteiger partial charge in [0.25, 0.3) is 0 Å². The Balaban J connectivity index is 1.72. The van der Waals surface area contributed by atoms with Crippen LogP contribution in [0.15, 0.2) is 53.6 Å². The van der Waals surface area contributed by atoms with E-state index in [0.717, 1.165) is 18.7 Å². The van der Waals surface area contributed by atoms with Gasteiger partial charge >= 0.3 is 0 Å². The molecule has 146 valence electrons. The largest absolute Gasteiger partial charge is 0.396 e. The minimum atomic E-state index is -3.52. The van der Waals surface area contributed by atoms with Gasteiger partial charge in [-0.25, -0.2) is 13.4 Å². The molecule has 1 aromatic carbocycles. The summed E-state index contributed by atoms with van der Waals surface area (Å²) in [7, 11) is -1.53. The van der Waals surface area contributed by atoms with Crippen molar-refractivity contribution >= 4 is 15.8 Å². The van der Waals surface area contributed by atoms with Crippen molar-refractivity contribution < 1.29 is 13.5 Å². The van der Waals surface area contributed by atoms with Gasteiger partial charge in [-0.05, 0) is 31.2 Å². The number of piperazine rings is 1. The zero-order chi connectivity index (χ0) is 19.3.